The van der Waals surface area contributed by atoms with Crippen LogP contribution in [0.4, 0.5) is 5.69 Å². The number of benzene rings is 1. The van der Waals surface area contributed by atoms with Gasteiger partial charge in [-0.3, -0.25) is 9.78 Å². The quantitative estimate of drug-likeness (QED) is 0.313. The number of hydrogen-bond donors (Lipinski definition) is 2. The highest BCUT2D eigenvalue weighted by atomic mass is 16.2. The molecule has 1 aliphatic heterocycles. The summed E-state index contributed by atoms with van der Waals surface area (Å²) in [6.45, 7) is 8.54. The number of aliphatic hydroxyl groups is 1. The summed E-state index contributed by atoms with van der Waals surface area (Å²) >= 11 is 0. The highest BCUT2D eigenvalue weighted by Crippen LogP contribution is 2.28. The average molecular weight is 461 g/mol. The largest absolute Gasteiger partial charge is 0.400 e. The number of rotatable bonds is 6. The second kappa shape index (κ2) is 15.5. The maximum absolute atomic E-state index is 10.4. The monoisotopic (exact) mass is 460 g/mol. The van der Waals surface area contributed by atoms with E-state index in [4.69, 9.17) is 10.1 Å². The molecular formula is C28H36N4O2. The smallest absolute Gasteiger partial charge is 0.193 e. The lowest BCUT2D eigenvalue weighted by molar-refractivity contribution is -0.103. The summed E-state index contributed by atoms with van der Waals surface area (Å²) in [6.07, 6.45) is 9.40. The Morgan fingerprint density at radius 1 is 1.09 bits per heavy atom. The summed E-state index contributed by atoms with van der Waals surface area (Å²) in [6, 6.07) is 11.8. The molecule has 34 heavy (non-hydrogen) atoms. The summed E-state index contributed by atoms with van der Waals surface area (Å²) in [7, 11) is 1.00. The van der Waals surface area contributed by atoms with Gasteiger partial charge in [-0.15, -0.1) is 0 Å². The molecule has 180 valence electrons. The minimum Gasteiger partial charge on any atom is -0.400 e. The van der Waals surface area contributed by atoms with Crippen molar-refractivity contribution in [2.45, 2.75) is 39.5 Å². The van der Waals surface area contributed by atoms with Crippen molar-refractivity contribution < 1.29 is 9.90 Å². The first-order chi connectivity index (χ1) is 16.8. The zero-order valence-corrected chi connectivity index (χ0v) is 20.6. The molecular weight excluding hydrogens is 424 g/mol. The molecule has 0 bridgehead atoms. The number of aldehydes is 1. The minimum atomic E-state index is 0.607. The van der Waals surface area contributed by atoms with Crippen molar-refractivity contribution in [1.82, 2.24) is 14.9 Å². The van der Waals surface area contributed by atoms with Gasteiger partial charge in [0.15, 0.2) is 6.29 Å². The molecule has 0 spiro atoms. The Bertz CT molecular complexity index is 1070. The average Bonchev–Trinajstić information content (AvgIpc) is 2.93. The Morgan fingerprint density at radius 3 is 2.53 bits per heavy atom. The molecule has 0 saturated carbocycles. The van der Waals surface area contributed by atoms with Crippen LogP contribution in [-0.4, -0.2) is 59.5 Å². The van der Waals surface area contributed by atoms with Crippen LogP contribution in [0.1, 0.15) is 45.1 Å². The molecule has 3 aromatic rings. The molecule has 4 rings (SSSR count). The van der Waals surface area contributed by atoms with Crippen molar-refractivity contribution in [3.05, 3.63) is 54.4 Å². The summed E-state index contributed by atoms with van der Waals surface area (Å²) in [5.74, 6) is 5.26. The zero-order valence-electron chi connectivity index (χ0n) is 20.6. The van der Waals surface area contributed by atoms with Gasteiger partial charge >= 0.3 is 0 Å². The van der Waals surface area contributed by atoms with Crippen molar-refractivity contribution in [3.63, 3.8) is 0 Å². The maximum Gasteiger partial charge on any atom is 0.193 e. The fourth-order valence-corrected chi connectivity index (χ4v) is 3.91. The fraction of sp³-hybridized carbons (Fsp3) is 0.393. The Balaban J connectivity index is 0.000000970. The van der Waals surface area contributed by atoms with E-state index in [1.54, 1.807) is 6.20 Å². The van der Waals surface area contributed by atoms with Crippen LogP contribution in [0.15, 0.2) is 48.8 Å². The zero-order chi connectivity index (χ0) is 24.6. The van der Waals surface area contributed by atoms with Gasteiger partial charge in [0.25, 0.3) is 0 Å². The van der Waals surface area contributed by atoms with Crippen molar-refractivity contribution >= 4 is 22.9 Å². The molecule has 1 aliphatic rings. The highest BCUT2D eigenvalue weighted by molar-refractivity contribution is 5.93. The van der Waals surface area contributed by atoms with E-state index in [0.29, 0.717) is 6.29 Å². The van der Waals surface area contributed by atoms with Gasteiger partial charge < -0.3 is 15.3 Å². The van der Waals surface area contributed by atoms with E-state index < -0.39 is 0 Å². The van der Waals surface area contributed by atoms with Gasteiger partial charge in [-0.25, -0.2) is 4.98 Å². The third-order valence-electron chi connectivity index (χ3n) is 5.48. The molecule has 1 fully saturated rings. The van der Waals surface area contributed by atoms with Gasteiger partial charge in [-0.1, -0.05) is 38.3 Å². The number of nitrogens with one attached hydrogen (secondary N) is 1. The van der Waals surface area contributed by atoms with Gasteiger partial charge in [-0.05, 0) is 69.1 Å². The molecule has 2 aromatic heterocycles. The number of hydrogen-bond acceptors (Lipinski definition) is 6. The summed E-state index contributed by atoms with van der Waals surface area (Å²) in [4.78, 5) is 22.1. The molecule has 6 heteroatoms. The molecule has 0 radical (unpaired) electrons. The first-order valence-corrected chi connectivity index (χ1v) is 12.0. The van der Waals surface area contributed by atoms with Crippen LogP contribution in [0.3, 0.4) is 0 Å². The summed E-state index contributed by atoms with van der Waals surface area (Å²) in [5.41, 5.74) is 4.72. The molecule has 1 aromatic carbocycles. The van der Waals surface area contributed by atoms with Crippen LogP contribution < -0.4 is 5.32 Å². The molecule has 0 atom stereocenters. The van der Waals surface area contributed by atoms with Gasteiger partial charge in [0.2, 0.25) is 0 Å². The highest BCUT2D eigenvalue weighted by Gasteiger charge is 2.10. The van der Waals surface area contributed by atoms with E-state index in [1.807, 2.05) is 50.4 Å². The number of nitrogens with zero attached hydrogens (tertiary/aromatic N) is 3. The van der Waals surface area contributed by atoms with E-state index in [9.17, 15) is 4.79 Å². The molecule has 0 aliphatic carbocycles. The van der Waals surface area contributed by atoms with Crippen molar-refractivity contribution in [3.8, 4) is 23.1 Å². The van der Waals surface area contributed by atoms with E-state index in [-0.39, 0.29) is 0 Å². The topological polar surface area (TPSA) is 78.4 Å². The van der Waals surface area contributed by atoms with Crippen molar-refractivity contribution in [2.24, 2.45) is 0 Å². The van der Waals surface area contributed by atoms with Gasteiger partial charge in [0.1, 0.15) is 0 Å². The number of anilines is 1. The number of pyridine rings is 2. The molecule has 2 N–H and O–H groups in total. The minimum absolute atomic E-state index is 0.607. The van der Waals surface area contributed by atoms with Gasteiger partial charge in [0, 0.05) is 48.2 Å². The molecule has 6 nitrogen and oxygen atoms in total. The number of carbonyl (C=O) groups excluding carboxylic acids is 1. The standard InChI is InChI=1S/C25H26N4O.C2H6.CH4O/c30-17-4-6-20-7-9-21(10-8-20)24-18-25(22-19-26-13-11-23(22)28-24)27-12-5-16-29-14-2-1-3-15-29;2*1-2/h7-11,13,17-19H,1-3,5,12,14-16H2,(H,27,28);1-2H3;2H,1H3. The molecule has 0 unspecified atom stereocenters. The van der Waals surface area contributed by atoms with Crippen LogP contribution in [0.2, 0.25) is 0 Å². The Hall–Kier alpha value is -3.27. The predicted molar refractivity (Wildman–Crippen MR) is 141 cm³/mol. The van der Waals surface area contributed by atoms with Crippen LogP contribution in [0.25, 0.3) is 22.2 Å². The van der Waals surface area contributed by atoms with Gasteiger partial charge in [0.05, 0.1) is 11.2 Å². The summed E-state index contributed by atoms with van der Waals surface area (Å²) < 4.78 is 0. The Kier molecular flexibility index (Phi) is 12.3. The van der Waals surface area contributed by atoms with Crippen molar-refractivity contribution in [2.75, 3.05) is 38.6 Å². The number of fused-ring (bicyclic) bond motifs is 1. The summed E-state index contributed by atoms with van der Waals surface area (Å²) in [5, 5.41) is 11.6. The van der Waals surface area contributed by atoms with Crippen molar-refractivity contribution in [1.29, 1.82) is 0 Å². The van der Waals surface area contributed by atoms with Crippen LogP contribution in [-0.2, 0) is 4.79 Å². The number of aliphatic hydroxyl groups excluding tert-OH is 1. The SMILES string of the molecule is CC.CO.O=CC#Cc1ccc(-c2cc(NCCCN3CCCCC3)c3cnccc3n2)cc1. The second-order valence-corrected chi connectivity index (χ2v) is 7.60. The Morgan fingerprint density at radius 2 is 1.82 bits per heavy atom. The second-order valence-electron chi connectivity index (χ2n) is 7.60. The normalized spacial score (nSPS) is 12.8. The molecule has 3 heterocycles. The first-order valence-electron chi connectivity index (χ1n) is 12.0. The molecule has 1 saturated heterocycles. The first kappa shape index (κ1) is 27.0. The number of carbonyl (C=O) groups is 1. The van der Waals surface area contributed by atoms with E-state index in [2.05, 4.69) is 33.1 Å². The van der Waals surface area contributed by atoms with E-state index >= 15 is 0 Å². The van der Waals surface area contributed by atoms with E-state index in [1.165, 1.54) is 32.4 Å². The Labute approximate surface area is 203 Å². The van der Waals surface area contributed by atoms with Crippen LogP contribution in [0.5, 0.6) is 0 Å². The number of piperidine rings is 1. The lowest BCUT2D eigenvalue weighted by Crippen LogP contribution is -2.31. The maximum atomic E-state index is 10.4. The third-order valence-corrected chi connectivity index (χ3v) is 5.48. The molecule has 0 amide bonds. The lowest BCUT2D eigenvalue weighted by atomic mass is 10.1. The van der Waals surface area contributed by atoms with Crippen LogP contribution in [0, 0.1) is 11.8 Å². The predicted octanol–water partition coefficient (Wildman–Crippen LogP) is 4.77. The van der Waals surface area contributed by atoms with Crippen LogP contribution >= 0.6 is 0 Å². The third kappa shape index (κ3) is 7.95. The fourth-order valence-electron chi connectivity index (χ4n) is 3.91. The number of aromatic nitrogens is 2. The van der Waals surface area contributed by atoms with E-state index in [0.717, 1.165) is 60.0 Å². The van der Waals surface area contributed by atoms with Gasteiger partial charge in [-0.2, -0.15) is 0 Å². The number of likely N-dealkylation sites (tertiary alicyclic amines) is 1. The lowest BCUT2D eigenvalue weighted by Gasteiger charge is -2.26.